The summed E-state index contributed by atoms with van der Waals surface area (Å²) in [5.74, 6) is -0.347. The van der Waals surface area contributed by atoms with E-state index in [2.05, 4.69) is 10.4 Å². The molecule has 1 aromatic carbocycles. The van der Waals surface area contributed by atoms with Crippen LogP contribution in [0.4, 0.5) is 5.69 Å². The molecule has 1 heterocycles. The summed E-state index contributed by atoms with van der Waals surface area (Å²) in [6.45, 7) is 5.98. The Balaban J connectivity index is 2.08. The quantitative estimate of drug-likeness (QED) is 0.827. The SMILES string of the molecule is Cc1cnn(C)c1COC(=O)c1ccccc1NC(=O)CC(C)C. The van der Waals surface area contributed by atoms with Crippen molar-refractivity contribution in [2.75, 3.05) is 5.32 Å². The molecule has 0 radical (unpaired) electrons. The van der Waals surface area contributed by atoms with Crippen molar-refractivity contribution in [1.29, 1.82) is 0 Å². The summed E-state index contributed by atoms with van der Waals surface area (Å²) in [6, 6.07) is 6.85. The second-order valence-electron chi connectivity index (χ2n) is 6.17. The zero-order valence-electron chi connectivity index (χ0n) is 14.5. The number of nitrogens with zero attached hydrogens (tertiary/aromatic N) is 2. The maximum absolute atomic E-state index is 12.4. The molecule has 24 heavy (non-hydrogen) atoms. The van der Waals surface area contributed by atoms with E-state index >= 15 is 0 Å². The summed E-state index contributed by atoms with van der Waals surface area (Å²) in [4.78, 5) is 24.3. The molecule has 1 N–H and O–H groups in total. The van der Waals surface area contributed by atoms with Crippen LogP contribution in [0.15, 0.2) is 30.5 Å². The predicted molar refractivity (Wildman–Crippen MR) is 91.6 cm³/mol. The molecule has 6 nitrogen and oxygen atoms in total. The van der Waals surface area contributed by atoms with Crippen LogP contribution in [0.3, 0.4) is 0 Å². The van der Waals surface area contributed by atoms with Gasteiger partial charge in [0.2, 0.25) is 5.91 Å². The first-order chi connectivity index (χ1) is 11.4. The summed E-state index contributed by atoms with van der Waals surface area (Å²) < 4.78 is 7.07. The van der Waals surface area contributed by atoms with Crippen molar-refractivity contribution >= 4 is 17.6 Å². The maximum atomic E-state index is 12.4. The third kappa shape index (κ3) is 4.44. The van der Waals surface area contributed by atoms with E-state index in [1.165, 1.54) is 0 Å². The Morgan fingerprint density at radius 1 is 1.29 bits per heavy atom. The topological polar surface area (TPSA) is 73.2 Å². The Morgan fingerprint density at radius 2 is 2.00 bits per heavy atom. The molecule has 0 bridgehead atoms. The van der Waals surface area contributed by atoms with E-state index in [1.54, 1.807) is 42.2 Å². The van der Waals surface area contributed by atoms with Crippen LogP contribution in [0.2, 0.25) is 0 Å². The number of anilines is 1. The first kappa shape index (κ1) is 17.7. The lowest BCUT2D eigenvalue weighted by Crippen LogP contribution is -2.17. The summed E-state index contributed by atoms with van der Waals surface area (Å²) in [5, 5.41) is 6.90. The van der Waals surface area contributed by atoms with Crippen molar-refractivity contribution in [3.63, 3.8) is 0 Å². The fourth-order valence-electron chi connectivity index (χ4n) is 2.33. The van der Waals surface area contributed by atoms with Gasteiger partial charge in [-0.1, -0.05) is 26.0 Å². The number of amides is 1. The molecule has 0 fully saturated rings. The average Bonchev–Trinajstić information content (AvgIpc) is 2.83. The monoisotopic (exact) mass is 329 g/mol. The van der Waals surface area contributed by atoms with E-state index in [0.717, 1.165) is 11.3 Å². The highest BCUT2D eigenvalue weighted by molar-refractivity contribution is 6.01. The standard InChI is InChI=1S/C18H23N3O3/c1-12(2)9-17(22)20-15-8-6-5-7-14(15)18(23)24-11-16-13(3)10-19-21(16)4/h5-8,10,12H,9,11H2,1-4H3,(H,20,22). The van der Waals surface area contributed by atoms with Crippen LogP contribution in [0, 0.1) is 12.8 Å². The Kier molecular flexibility index (Phi) is 5.73. The summed E-state index contributed by atoms with van der Waals surface area (Å²) in [5.41, 5.74) is 2.61. The molecule has 1 amide bonds. The largest absolute Gasteiger partial charge is 0.456 e. The number of carbonyl (C=O) groups is 2. The molecule has 0 aliphatic carbocycles. The number of nitrogens with one attached hydrogen (secondary N) is 1. The molecule has 0 unspecified atom stereocenters. The predicted octanol–water partition coefficient (Wildman–Crippen LogP) is 3.07. The van der Waals surface area contributed by atoms with E-state index in [9.17, 15) is 9.59 Å². The first-order valence-corrected chi connectivity index (χ1v) is 7.92. The highest BCUT2D eigenvalue weighted by Gasteiger charge is 2.16. The second-order valence-corrected chi connectivity index (χ2v) is 6.17. The molecule has 128 valence electrons. The fraction of sp³-hybridized carbons (Fsp3) is 0.389. The lowest BCUT2D eigenvalue weighted by Gasteiger charge is -2.12. The van der Waals surface area contributed by atoms with Gasteiger partial charge in [0.15, 0.2) is 0 Å². The number of hydrogen-bond donors (Lipinski definition) is 1. The molecule has 6 heteroatoms. The lowest BCUT2D eigenvalue weighted by atomic mass is 10.1. The van der Waals surface area contributed by atoms with E-state index in [4.69, 9.17) is 4.74 Å². The van der Waals surface area contributed by atoms with Crippen LogP contribution in [0.1, 0.15) is 41.9 Å². The van der Waals surface area contributed by atoms with E-state index < -0.39 is 5.97 Å². The Labute approximate surface area is 141 Å². The lowest BCUT2D eigenvalue weighted by molar-refractivity contribution is -0.116. The number of aromatic nitrogens is 2. The molecule has 2 aromatic rings. The molecule has 0 saturated heterocycles. The molecule has 0 saturated carbocycles. The van der Waals surface area contributed by atoms with Crippen molar-refractivity contribution in [2.45, 2.75) is 33.8 Å². The van der Waals surface area contributed by atoms with Crippen molar-refractivity contribution < 1.29 is 14.3 Å². The van der Waals surface area contributed by atoms with Crippen molar-refractivity contribution in [2.24, 2.45) is 13.0 Å². The molecule has 0 atom stereocenters. The zero-order chi connectivity index (χ0) is 17.7. The second kappa shape index (κ2) is 7.77. The third-order valence-corrected chi connectivity index (χ3v) is 3.63. The van der Waals surface area contributed by atoms with Crippen LogP contribution >= 0.6 is 0 Å². The van der Waals surface area contributed by atoms with Crippen molar-refractivity contribution in [3.05, 3.63) is 47.3 Å². The molecule has 0 aliphatic heterocycles. The van der Waals surface area contributed by atoms with Gasteiger partial charge in [-0.15, -0.1) is 0 Å². The van der Waals surface area contributed by atoms with Gasteiger partial charge in [0, 0.05) is 13.5 Å². The highest BCUT2D eigenvalue weighted by Crippen LogP contribution is 2.18. The summed E-state index contributed by atoms with van der Waals surface area (Å²) >= 11 is 0. The highest BCUT2D eigenvalue weighted by atomic mass is 16.5. The number of esters is 1. The number of benzene rings is 1. The van der Waals surface area contributed by atoms with Gasteiger partial charge in [0.25, 0.3) is 0 Å². The number of ether oxygens (including phenoxy) is 1. The number of para-hydroxylation sites is 1. The van der Waals surface area contributed by atoms with Crippen LogP contribution < -0.4 is 5.32 Å². The number of carbonyl (C=O) groups excluding carboxylic acids is 2. The minimum atomic E-state index is -0.476. The van der Waals surface area contributed by atoms with E-state index in [-0.39, 0.29) is 18.4 Å². The molecule has 2 rings (SSSR count). The molecule has 0 aliphatic rings. The maximum Gasteiger partial charge on any atom is 0.340 e. The van der Waals surface area contributed by atoms with Gasteiger partial charge in [0.05, 0.1) is 23.1 Å². The Hall–Kier alpha value is -2.63. The molecular formula is C18H23N3O3. The minimum Gasteiger partial charge on any atom is -0.456 e. The smallest absolute Gasteiger partial charge is 0.340 e. The molecule has 1 aromatic heterocycles. The van der Waals surface area contributed by atoms with Gasteiger partial charge in [-0.3, -0.25) is 9.48 Å². The Bertz CT molecular complexity index is 715. The first-order valence-electron chi connectivity index (χ1n) is 7.92. The zero-order valence-corrected chi connectivity index (χ0v) is 14.5. The van der Waals surface area contributed by atoms with Gasteiger partial charge in [-0.05, 0) is 30.5 Å². The third-order valence-electron chi connectivity index (χ3n) is 3.63. The van der Waals surface area contributed by atoms with Gasteiger partial charge >= 0.3 is 5.97 Å². The van der Waals surface area contributed by atoms with E-state index in [0.29, 0.717) is 17.7 Å². The molecular weight excluding hydrogens is 306 g/mol. The van der Waals surface area contributed by atoms with Gasteiger partial charge in [0.1, 0.15) is 6.61 Å². The van der Waals surface area contributed by atoms with Crippen molar-refractivity contribution in [1.82, 2.24) is 9.78 Å². The number of hydrogen-bond acceptors (Lipinski definition) is 4. The fourth-order valence-corrected chi connectivity index (χ4v) is 2.33. The summed E-state index contributed by atoms with van der Waals surface area (Å²) in [7, 11) is 1.80. The van der Waals surface area contributed by atoms with Crippen LogP contribution in [-0.2, 0) is 23.2 Å². The van der Waals surface area contributed by atoms with E-state index in [1.807, 2.05) is 20.8 Å². The molecule has 0 spiro atoms. The Morgan fingerprint density at radius 3 is 2.62 bits per heavy atom. The number of rotatable bonds is 6. The van der Waals surface area contributed by atoms with Crippen molar-refractivity contribution in [3.8, 4) is 0 Å². The van der Waals surface area contributed by atoms with Crippen LogP contribution in [-0.4, -0.2) is 21.7 Å². The summed E-state index contributed by atoms with van der Waals surface area (Å²) in [6.07, 6.45) is 2.13. The van der Waals surface area contributed by atoms with Gasteiger partial charge in [-0.25, -0.2) is 4.79 Å². The normalized spacial score (nSPS) is 10.7. The van der Waals surface area contributed by atoms with Crippen LogP contribution in [0.5, 0.6) is 0 Å². The van der Waals surface area contributed by atoms with Crippen LogP contribution in [0.25, 0.3) is 0 Å². The van der Waals surface area contributed by atoms with Gasteiger partial charge < -0.3 is 10.1 Å². The van der Waals surface area contributed by atoms with Gasteiger partial charge in [-0.2, -0.15) is 5.10 Å². The minimum absolute atomic E-state index is 0.118. The number of aryl methyl sites for hydroxylation is 2. The average molecular weight is 329 g/mol.